The number of aliphatic hydroxyl groups is 1. The van der Waals surface area contributed by atoms with Crippen LogP contribution < -0.4 is 5.32 Å². The minimum absolute atomic E-state index is 0.169. The Labute approximate surface area is 110 Å². The van der Waals surface area contributed by atoms with E-state index in [1.807, 2.05) is 0 Å². The third-order valence-corrected chi connectivity index (χ3v) is 2.15. The topological polar surface area (TPSA) is 108 Å². The fourth-order valence-electron chi connectivity index (χ4n) is 1.52. The first-order valence-corrected chi connectivity index (χ1v) is 5.66. The molecule has 2 amide bonds. The molecule has 8 heteroatoms. The van der Waals surface area contributed by atoms with Crippen LogP contribution in [0.5, 0.6) is 0 Å². The van der Waals surface area contributed by atoms with Crippen molar-refractivity contribution < 1.29 is 19.8 Å². The van der Waals surface area contributed by atoms with E-state index < -0.39 is 17.6 Å². The second-order valence-corrected chi connectivity index (χ2v) is 4.92. The number of hydrogen-bond donors (Lipinski definition) is 3. The zero-order chi connectivity index (χ0) is 14.6. The maximum atomic E-state index is 11.8. The Morgan fingerprint density at radius 1 is 1.53 bits per heavy atom. The number of amides is 2. The molecule has 0 saturated heterocycles. The molecule has 0 radical (unpaired) electrons. The van der Waals surface area contributed by atoms with Crippen LogP contribution in [-0.4, -0.2) is 56.1 Å². The van der Waals surface area contributed by atoms with Gasteiger partial charge in [-0.3, -0.25) is 9.48 Å². The Hall–Kier alpha value is -2.09. The first-order valence-electron chi connectivity index (χ1n) is 5.66. The molecule has 0 aliphatic carbocycles. The van der Waals surface area contributed by atoms with E-state index >= 15 is 0 Å². The molecule has 1 heterocycles. The Kier molecular flexibility index (Phi) is 4.49. The summed E-state index contributed by atoms with van der Waals surface area (Å²) in [6, 6.07) is -0.406. The summed E-state index contributed by atoms with van der Waals surface area (Å²) >= 11 is 0. The van der Waals surface area contributed by atoms with Crippen molar-refractivity contribution in [2.45, 2.75) is 26.0 Å². The van der Waals surface area contributed by atoms with Crippen LogP contribution in [0, 0.1) is 0 Å². The van der Waals surface area contributed by atoms with Crippen molar-refractivity contribution in [2.24, 2.45) is 0 Å². The fraction of sp³-hybridized carbons (Fsp3) is 0.545. The molecule has 0 spiro atoms. The number of rotatable bonds is 5. The Morgan fingerprint density at radius 2 is 2.16 bits per heavy atom. The summed E-state index contributed by atoms with van der Waals surface area (Å²) in [5.74, 6) is -1.01. The molecule has 0 fully saturated rings. The summed E-state index contributed by atoms with van der Waals surface area (Å²) < 4.78 is 1.20. The van der Waals surface area contributed by atoms with Gasteiger partial charge in [0.1, 0.15) is 6.54 Å². The lowest BCUT2D eigenvalue weighted by Gasteiger charge is -2.25. The van der Waals surface area contributed by atoms with Gasteiger partial charge in [0.05, 0.1) is 24.0 Å². The molecule has 0 bridgehead atoms. The van der Waals surface area contributed by atoms with Crippen molar-refractivity contribution in [2.75, 3.05) is 18.9 Å². The molecule has 0 saturated carbocycles. The standard InChI is InChI=1S/C11H18N4O4/c1-11(2,19)7-14(3)10(18)13-8-4-12-15(5-8)6-9(16)17/h4-5,19H,6-7H2,1-3H3,(H,13,18)(H,16,17). The number of aromatic nitrogens is 2. The van der Waals surface area contributed by atoms with Crippen LogP contribution in [0.2, 0.25) is 0 Å². The number of nitrogens with one attached hydrogen (secondary N) is 1. The summed E-state index contributed by atoms with van der Waals surface area (Å²) in [6.07, 6.45) is 2.78. The Balaban J connectivity index is 2.57. The van der Waals surface area contributed by atoms with Gasteiger partial charge in [-0.25, -0.2) is 4.79 Å². The van der Waals surface area contributed by atoms with Gasteiger partial charge in [-0.05, 0) is 13.8 Å². The van der Waals surface area contributed by atoms with Crippen molar-refractivity contribution in [1.29, 1.82) is 0 Å². The van der Waals surface area contributed by atoms with Crippen LogP contribution in [0.15, 0.2) is 12.4 Å². The van der Waals surface area contributed by atoms with E-state index in [2.05, 4.69) is 10.4 Å². The van der Waals surface area contributed by atoms with E-state index in [9.17, 15) is 14.7 Å². The minimum Gasteiger partial charge on any atom is -0.480 e. The summed E-state index contributed by atoms with van der Waals surface area (Å²) in [7, 11) is 1.55. The van der Waals surface area contributed by atoms with Crippen LogP contribution in [0.25, 0.3) is 0 Å². The molecule has 0 aliphatic heterocycles. The molecule has 1 aromatic heterocycles. The maximum absolute atomic E-state index is 11.8. The number of likely N-dealkylation sites (N-methyl/N-ethyl adjacent to an activating group) is 1. The zero-order valence-electron chi connectivity index (χ0n) is 11.1. The van der Waals surface area contributed by atoms with Gasteiger partial charge >= 0.3 is 12.0 Å². The van der Waals surface area contributed by atoms with Crippen molar-refractivity contribution in [3.63, 3.8) is 0 Å². The highest BCUT2D eigenvalue weighted by Crippen LogP contribution is 2.08. The third kappa shape index (κ3) is 5.38. The van der Waals surface area contributed by atoms with Crippen molar-refractivity contribution >= 4 is 17.7 Å². The number of carbonyl (C=O) groups excluding carboxylic acids is 1. The lowest BCUT2D eigenvalue weighted by molar-refractivity contribution is -0.137. The first kappa shape index (κ1) is 15.0. The number of carboxylic acid groups (broad SMARTS) is 1. The number of anilines is 1. The van der Waals surface area contributed by atoms with Gasteiger partial charge in [0.15, 0.2) is 0 Å². The molecule has 3 N–H and O–H groups in total. The van der Waals surface area contributed by atoms with Gasteiger partial charge in [-0.2, -0.15) is 5.10 Å². The number of urea groups is 1. The second-order valence-electron chi connectivity index (χ2n) is 4.92. The van der Waals surface area contributed by atoms with Crippen LogP contribution in [0.3, 0.4) is 0 Å². The van der Waals surface area contributed by atoms with E-state index in [1.54, 1.807) is 20.9 Å². The molecule has 0 atom stereocenters. The quantitative estimate of drug-likeness (QED) is 0.708. The SMILES string of the molecule is CN(CC(C)(C)O)C(=O)Nc1cnn(CC(=O)O)c1. The monoisotopic (exact) mass is 270 g/mol. The summed E-state index contributed by atoms with van der Waals surface area (Å²) in [5, 5.41) is 24.5. The molecule has 0 unspecified atom stereocenters. The predicted molar refractivity (Wildman–Crippen MR) is 67.8 cm³/mol. The van der Waals surface area contributed by atoms with Gasteiger partial charge in [0, 0.05) is 13.2 Å². The highest BCUT2D eigenvalue weighted by Gasteiger charge is 2.19. The smallest absolute Gasteiger partial charge is 0.325 e. The lowest BCUT2D eigenvalue weighted by Crippen LogP contribution is -2.41. The maximum Gasteiger partial charge on any atom is 0.325 e. The number of carboxylic acids is 1. The van der Waals surface area contributed by atoms with E-state index in [-0.39, 0.29) is 13.1 Å². The number of nitrogens with zero attached hydrogens (tertiary/aromatic N) is 3. The number of hydrogen-bond acceptors (Lipinski definition) is 4. The molecule has 1 aromatic rings. The van der Waals surface area contributed by atoms with E-state index in [0.717, 1.165) is 0 Å². The van der Waals surface area contributed by atoms with Crippen LogP contribution in [-0.2, 0) is 11.3 Å². The average Bonchev–Trinajstić information content (AvgIpc) is 2.61. The highest BCUT2D eigenvalue weighted by molar-refractivity contribution is 5.88. The molecule has 19 heavy (non-hydrogen) atoms. The molecule has 1 rings (SSSR count). The molecule has 8 nitrogen and oxygen atoms in total. The Bertz CT molecular complexity index is 464. The van der Waals surface area contributed by atoms with Crippen molar-refractivity contribution in [3.8, 4) is 0 Å². The zero-order valence-corrected chi connectivity index (χ0v) is 11.1. The predicted octanol–water partition coefficient (Wildman–Crippen LogP) is 0.202. The Morgan fingerprint density at radius 3 is 2.68 bits per heavy atom. The van der Waals surface area contributed by atoms with E-state index in [0.29, 0.717) is 5.69 Å². The van der Waals surface area contributed by atoms with Crippen LogP contribution in [0.1, 0.15) is 13.8 Å². The molecular weight excluding hydrogens is 252 g/mol. The van der Waals surface area contributed by atoms with Gasteiger partial charge < -0.3 is 20.4 Å². The van der Waals surface area contributed by atoms with Gasteiger partial charge in [-0.1, -0.05) is 0 Å². The second kappa shape index (κ2) is 5.70. The van der Waals surface area contributed by atoms with Gasteiger partial charge in [0.2, 0.25) is 0 Å². The van der Waals surface area contributed by atoms with Crippen LogP contribution in [0.4, 0.5) is 10.5 Å². The summed E-state index contributed by atoms with van der Waals surface area (Å²) in [4.78, 5) is 23.6. The lowest BCUT2D eigenvalue weighted by atomic mass is 10.1. The first-order chi connectivity index (χ1) is 8.67. The molecular formula is C11H18N4O4. The summed E-state index contributed by atoms with van der Waals surface area (Å²) in [6.45, 7) is 3.10. The fourth-order valence-corrected chi connectivity index (χ4v) is 1.52. The van der Waals surface area contributed by atoms with Crippen molar-refractivity contribution in [3.05, 3.63) is 12.4 Å². The van der Waals surface area contributed by atoms with E-state index in [4.69, 9.17) is 5.11 Å². The average molecular weight is 270 g/mol. The molecule has 0 aliphatic rings. The molecule has 106 valence electrons. The highest BCUT2D eigenvalue weighted by atomic mass is 16.4. The van der Waals surface area contributed by atoms with Crippen molar-refractivity contribution in [1.82, 2.24) is 14.7 Å². The van der Waals surface area contributed by atoms with E-state index in [1.165, 1.54) is 22.0 Å². The normalized spacial score (nSPS) is 11.2. The minimum atomic E-state index is -1.01. The number of carbonyl (C=O) groups is 2. The summed E-state index contributed by atoms with van der Waals surface area (Å²) in [5.41, 5.74) is -0.589. The molecule has 0 aromatic carbocycles. The van der Waals surface area contributed by atoms with Gasteiger partial charge in [0.25, 0.3) is 0 Å². The number of aliphatic carboxylic acids is 1. The van der Waals surface area contributed by atoms with Crippen LogP contribution >= 0.6 is 0 Å². The third-order valence-electron chi connectivity index (χ3n) is 2.15. The largest absolute Gasteiger partial charge is 0.480 e. The van der Waals surface area contributed by atoms with Gasteiger partial charge in [-0.15, -0.1) is 0 Å².